The summed E-state index contributed by atoms with van der Waals surface area (Å²) in [5.41, 5.74) is 5.40. The second kappa shape index (κ2) is 5.32. The first-order valence-electron chi connectivity index (χ1n) is 5.81. The van der Waals surface area contributed by atoms with Crippen LogP contribution in [0.5, 0.6) is 0 Å². The quantitative estimate of drug-likeness (QED) is 0.879. The maximum atomic E-state index is 13.6. The largest absolute Gasteiger partial charge is 0.365 e. The second-order valence-electron chi connectivity index (χ2n) is 4.33. The molecule has 0 fully saturated rings. The number of halogens is 3. The van der Waals surface area contributed by atoms with Crippen molar-refractivity contribution in [1.29, 1.82) is 0 Å². The average molecular weight is 280 g/mol. The van der Waals surface area contributed by atoms with Gasteiger partial charge in [-0.3, -0.25) is 4.79 Å². The Hall–Kier alpha value is -2.37. The van der Waals surface area contributed by atoms with Gasteiger partial charge in [0, 0.05) is 5.92 Å². The smallest absolute Gasteiger partial charge is 0.253 e. The Labute approximate surface area is 113 Å². The summed E-state index contributed by atoms with van der Waals surface area (Å²) in [6.45, 7) is 1.67. The summed E-state index contributed by atoms with van der Waals surface area (Å²) in [7, 11) is 0. The third kappa shape index (κ3) is 2.64. The van der Waals surface area contributed by atoms with Crippen LogP contribution in [0.3, 0.4) is 0 Å². The van der Waals surface area contributed by atoms with Gasteiger partial charge in [0.15, 0.2) is 11.6 Å². The third-order valence-electron chi connectivity index (χ3n) is 3.02. The lowest BCUT2D eigenvalue weighted by Crippen LogP contribution is -2.15. The van der Waals surface area contributed by atoms with Crippen LogP contribution in [-0.2, 0) is 0 Å². The number of nitrogens with two attached hydrogens (primary N) is 1. The van der Waals surface area contributed by atoms with Crippen LogP contribution in [0, 0.1) is 17.6 Å². The van der Waals surface area contributed by atoms with Crippen molar-refractivity contribution in [2.45, 2.75) is 12.8 Å². The highest BCUT2D eigenvalue weighted by atomic mass is 19.2. The Morgan fingerprint density at radius 2 is 1.85 bits per heavy atom. The lowest BCUT2D eigenvalue weighted by molar-refractivity contribution is 0.0995. The van der Waals surface area contributed by atoms with E-state index in [1.54, 1.807) is 6.92 Å². The molecule has 2 rings (SSSR count). The van der Waals surface area contributed by atoms with Crippen molar-refractivity contribution in [3.05, 3.63) is 64.7 Å². The molecule has 0 aliphatic rings. The number of aromatic nitrogens is 1. The summed E-state index contributed by atoms with van der Waals surface area (Å²) < 4.78 is 39.6. The first-order valence-corrected chi connectivity index (χ1v) is 5.81. The van der Waals surface area contributed by atoms with Crippen LogP contribution in [0.2, 0.25) is 0 Å². The number of nitrogens with zero attached hydrogens (tertiary/aromatic N) is 1. The van der Waals surface area contributed by atoms with Crippen molar-refractivity contribution in [3.8, 4) is 0 Å². The summed E-state index contributed by atoms with van der Waals surface area (Å²) in [4.78, 5) is 14.5. The predicted molar refractivity (Wildman–Crippen MR) is 66.6 cm³/mol. The molecule has 2 aromatic rings. The van der Waals surface area contributed by atoms with Crippen molar-refractivity contribution in [3.63, 3.8) is 0 Å². The molecule has 0 unspecified atom stereocenters. The van der Waals surface area contributed by atoms with E-state index in [1.807, 2.05) is 0 Å². The van der Waals surface area contributed by atoms with E-state index in [1.165, 1.54) is 18.2 Å². The fourth-order valence-electron chi connectivity index (χ4n) is 1.83. The minimum absolute atomic E-state index is 0.290. The van der Waals surface area contributed by atoms with Gasteiger partial charge in [-0.2, -0.15) is 4.39 Å². The summed E-state index contributed by atoms with van der Waals surface area (Å²) in [5.74, 6) is -4.29. The normalized spacial score (nSPS) is 12.2. The van der Waals surface area contributed by atoms with Crippen molar-refractivity contribution in [1.82, 2.24) is 4.98 Å². The maximum absolute atomic E-state index is 13.6. The molecule has 3 nitrogen and oxygen atoms in total. The minimum atomic E-state index is -0.983. The molecular weight excluding hydrogens is 269 g/mol. The van der Waals surface area contributed by atoms with E-state index in [4.69, 9.17) is 5.73 Å². The van der Waals surface area contributed by atoms with Crippen molar-refractivity contribution < 1.29 is 18.0 Å². The summed E-state index contributed by atoms with van der Waals surface area (Å²) >= 11 is 0. The van der Waals surface area contributed by atoms with Gasteiger partial charge in [-0.15, -0.1) is 0 Å². The van der Waals surface area contributed by atoms with Gasteiger partial charge in [0.1, 0.15) is 0 Å². The van der Waals surface area contributed by atoms with Crippen LogP contribution in [-0.4, -0.2) is 10.9 Å². The molecule has 20 heavy (non-hydrogen) atoms. The maximum Gasteiger partial charge on any atom is 0.253 e. The van der Waals surface area contributed by atoms with Crippen LogP contribution in [0.4, 0.5) is 13.2 Å². The fourth-order valence-corrected chi connectivity index (χ4v) is 1.83. The SMILES string of the molecule is C[C@@H](c1ccc(F)c(F)c1)c1ccc(C(N)=O)c(F)n1. The summed E-state index contributed by atoms with van der Waals surface area (Å²) in [6.07, 6.45) is 0. The number of pyridine rings is 1. The number of benzene rings is 1. The number of rotatable bonds is 3. The summed E-state index contributed by atoms with van der Waals surface area (Å²) in [5, 5.41) is 0. The molecule has 0 aliphatic carbocycles. The molecule has 0 saturated carbocycles. The molecule has 6 heteroatoms. The van der Waals surface area contributed by atoms with E-state index >= 15 is 0 Å². The molecule has 1 amide bonds. The number of hydrogen-bond acceptors (Lipinski definition) is 2. The van der Waals surface area contributed by atoms with E-state index in [0.29, 0.717) is 11.3 Å². The molecule has 0 radical (unpaired) electrons. The number of amides is 1. The first-order chi connectivity index (χ1) is 9.40. The van der Waals surface area contributed by atoms with Gasteiger partial charge in [0.25, 0.3) is 5.91 Å². The Morgan fingerprint density at radius 1 is 1.15 bits per heavy atom. The first kappa shape index (κ1) is 14.0. The van der Waals surface area contributed by atoms with E-state index in [-0.39, 0.29) is 5.56 Å². The lowest BCUT2D eigenvalue weighted by atomic mass is 9.96. The topological polar surface area (TPSA) is 56.0 Å². The second-order valence-corrected chi connectivity index (χ2v) is 4.33. The van der Waals surface area contributed by atoms with Gasteiger partial charge in [-0.1, -0.05) is 13.0 Å². The van der Waals surface area contributed by atoms with E-state index in [9.17, 15) is 18.0 Å². The predicted octanol–water partition coefficient (Wildman–Crippen LogP) is 2.75. The van der Waals surface area contributed by atoms with Gasteiger partial charge in [0.05, 0.1) is 11.3 Å². The fraction of sp³-hybridized carbons (Fsp3) is 0.143. The molecule has 0 spiro atoms. The molecule has 1 aromatic carbocycles. The molecule has 0 aliphatic heterocycles. The lowest BCUT2D eigenvalue weighted by Gasteiger charge is -2.12. The Kier molecular flexibility index (Phi) is 3.74. The van der Waals surface area contributed by atoms with Gasteiger partial charge >= 0.3 is 0 Å². The minimum Gasteiger partial charge on any atom is -0.365 e. The highest BCUT2D eigenvalue weighted by Crippen LogP contribution is 2.24. The van der Waals surface area contributed by atoms with Crippen molar-refractivity contribution >= 4 is 5.91 Å². The van der Waals surface area contributed by atoms with Crippen LogP contribution in [0.25, 0.3) is 0 Å². The molecule has 104 valence electrons. The number of carbonyl (C=O) groups excluding carboxylic acids is 1. The Bertz CT molecular complexity index is 673. The van der Waals surface area contributed by atoms with Crippen molar-refractivity contribution in [2.75, 3.05) is 0 Å². The van der Waals surface area contributed by atoms with E-state index in [0.717, 1.165) is 12.1 Å². The zero-order chi connectivity index (χ0) is 14.9. The number of hydrogen-bond donors (Lipinski definition) is 1. The van der Waals surface area contributed by atoms with Crippen LogP contribution >= 0.6 is 0 Å². The van der Waals surface area contributed by atoms with Gasteiger partial charge in [-0.25, -0.2) is 13.8 Å². The molecule has 1 atom stereocenters. The van der Waals surface area contributed by atoms with Crippen molar-refractivity contribution in [2.24, 2.45) is 5.73 Å². The third-order valence-corrected chi connectivity index (χ3v) is 3.02. The Balaban J connectivity index is 2.38. The molecule has 0 saturated heterocycles. The zero-order valence-electron chi connectivity index (χ0n) is 10.5. The molecule has 1 heterocycles. The molecule has 1 aromatic heterocycles. The molecule has 2 N–H and O–H groups in total. The van der Waals surface area contributed by atoms with Crippen LogP contribution < -0.4 is 5.73 Å². The molecular formula is C14H11F3N2O. The summed E-state index contributed by atoms with van der Waals surface area (Å²) in [6, 6.07) is 6.06. The standard InChI is InChI=1S/C14H11F3N2O/c1-7(8-2-4-10(15)11(16)6-8)12-5-3-9(14(18)20)13(17)19-12/h2-7H,1H3,(H2,18,20)/t7-/m0/s1. The van der Waals surface area contributed by atoms with E-state index < -0.39 is 29.4 Å². The monoisotopic (exact) mass is 280 g/mol. The highest BCUT2D eigenvalue weighted by Gasteiger charge is 2.16. The van der Waals surface area contributed by atoms with Crippen LogP contribution in [0.15, 0.2) is 30.3 Å². The molecule has 0 bridgehead atoms. The zero-order valence-corrected chi connectivity index (χ0v) is 10.5. The number of primary amides is 1. The van der Waals surface area contributed by atoms with E-state index in [2.05, 4.69) is 4.98 Å². The Morgan fingerprint density at radius 3 is 2.40 bits per heavy atom. The van der Waals surface area contributed by atoms with Crippen LogP contribution in [0.1, 0.15) is 34.5 Å². The van der Waals surface area contributed by atoms with Gasteiger partial charge in [-0.05, 0) is 29.8 Å². The average Bonchev–Trinajstić information content (AvgIpc) is 2.40. The highest BCUT2D eigenvalue weighted by molar-refractivity contribution is 5.92. The number of carbonyl (C=O) groups is 1. The van der Waals surface area contributed by atoms with Gasteiger partial charge < -0.3 is 5.73 Å². The van der Waals surface area contributed by atoms with Gasteiger partial charge in [0.2, 0.25) is 5.95 Å².